The summed E-state index contributed by atoms with van der Waals surface area (Å²) in [6.45, 7) is 0. The number of carboxylic acids is 1. The highest BCUT2D eigenvalue weighted by atomic mass is 32.2. The topological polar surface area (TPSA) is 93.6 Å². The van der Waals surface area contributed by atoms with Crippen LogP contribution >= 0.6 is 0 Å². The Morgan fingerprint density at radius 1 is 1.47 bits per heavy atom. The summed E-state index contributed by atoms with van der Waals surface area (Å²) in [5.41, 5.74) is -0.0728. The van der Waals surface area contributed by atoms with E-state index in [1.54, 1.807) is 0 Å². The van der Waals surface area contributed by atoms with E-state index in [4.69, 9.17) is 9.84 Å². The monoisotopic (exact) mass is 257 g/mol. The molecule has 0 aliphatic carbocycles. The fraction of sp³-hybridized carbons (Fsp3) is 0.400. The molecule has 1 N–H and O–H groups in total. The molecule has 1 aliphatic rings. The summed E-state index contributed by atoms with van der Waals surface area (Å²) < 4.78 is 27.8. The van der Waals surface area contributed by atoms with Crippen LogP contribution in [-0.4, -0.2) is 42.1 Å². The first-order chi connectivity index (χ1) is 7.96. The standard InChI is InChI=1S/C10H11NO5S/c12-10(13)9-2-1-7(5-11-9)16-8-3-4-17(14,15)6-8/h1-2,5,8H,3-4,6H2,(H,12,13). The van der Waals surface area contributed by atoms with Gasteiger partial charge in [-0.15, -0.1) is 0 Å². The highest BCUT2D eigenvalue weighted by molar-refractivity contribution is 7.91. The third-order valence-corrected chi connectivity index (χ3v) is 4.19. The van der Waals surface area contributed by atoms with Crippen molar-refractivity contribution >= 4 is 15.8 Å². The van der Waals surface area contributed by atoms with Gasteiger partial charge in [-0.2, -0.15) is 0 Å². The van der Waals surface area contributed by atoms with Crippen molar-refractivity contribution in [1.82, 2.24) is 4.98 Å². The van der Waals surface area contributed by atoms with E-state index in [0.717, 1.165) is 0 Å². The van der Waals surface area contributed by atoms with Crippen LogP contribution in [0.25, 0.3) is 0 Å². The number of carbonyl (C=O) groups is 1. The molecule has 1 aliphatic heterocycles. The summed E-state index contributed by atoms with van der Waals surface area (Å²) in [5.74, 6) is -0.580. The number of rotatable bonds is 3. The zero-order valence-electron chi connectivity index (χ0n) is 8.87. The third kappa shape index (κ3) is 2.94. The van der Waals surface area contributed by atoms with Crippen molar-refractivity contribution < 1.29 is 23.1 Å². The normalized spacial score (nSPS) is 22.2. The highest BCUT2D eigenvalue weighted by Crippen LogP contribution is 2.19. The van der Waals surface area contributed by atoms with Crippen LogP contribution in [0, 0.1) is 0 Å². The van der Waals surface area contributed by atoms with Gasteiger partial charge in [0.2, 0.25) is 0 Å². The van der Waals surface area contributed by atoms with Crippen molar-refractivity contribution in [1.29, 1.82) is 0 Å². The lowest BCUT2D eigenvalue weighted by molar-refractivity contribution is 0.0690. The Morgan fingerprint density at radius 2 is 2.24 bits per heavy atom. The molecular formula is C10H11NO5S. The zero-order chi connectivity index (χ0) is 12.5. The first kappa shape index (κ1) is 11.8. The number of hydrogen-bond donors (Lipinski definition) is 1. The van der Waals surface area contributed by atoms with Gasteiger partial charge >= 0.3 is 5.97 Å². The predicted molar refractivity (Wildman–Crippen MR) is 58.9 cm³/mol. The molecule has 0 bridgehead atoms. The summed E-state index contributed by atoms with van der Waals surface area (Å²) in [6, 6.07) is 2.79. The lowest BCUT2D eigenvalue weighted by Gasteiger charge is -2.11. The minimum Gasteiger partial charge on any atom is -0.488 e. The van der Waals surface area contributed by atoms with Crippen molar-refractivity contribution in [3.8, 4) is 5.75 Å². The summed E-state index contributed by atoms with van der Waals surface area (Å²) in [5, 5.41) is 8.65. The van der Waals surface area contributed by atoms with Crippen LogP contribution in [0.5, 0.6) is 5.75 Å². The summed E-state index contributed by atoms with van der Waals surface area (Å²) in [4.78, 5) is 14.2. The van der Waals surface area contributed by atoms with Crippen LogP contribution in [0.15, 0.2) is 18.3 Å². The van der Waals surface area contributed by atoms with Crippen LogP contribution in [0.1, 0.15) is 16.9 Å². The first-order valence-electron chi connectivity index (χ1n) is 5.03. The Balaban J connectivity index is 2.03. The summed E-state index contributed by atoms with van der Waals surface area (Å²) in [7, 11) is -2.98. The number of ether oxygens (including phenoxy) is 1. The van der Waals surface area contributed by atoms with E-state index in [-0.39, 0.29) is 23.3 Å². The average Bonchev–Trinajstić information content (AvgIpc) is 2.59. The molecule has 1 saturated heterocycles. The number of hydrogen-bond acceptors (Lipinski definition) is 5. The molecule has 0 aromatic carbocycles. The molecular weight excluding hydrogens is 246 g/mol. The molecule has 0 amide bonds. The number of aromatic nitrogens is 1. The molecule has 1 fully saturated rings. The van der Waals surface area contributed by atoms with Gasteiger partial charge in [0.1, 0.15) is 17.5 Å². The van der Waals surface area contributed by atoms with Gasteiger partial charge in [-0.25, -0.2) is 18.2 Å². The molecule has 0 saturated carbocycles. The van der Waals surface area contributed by atoms with E-state index in [1.165, 1.54) is 18.3 Å². The van der Waals surface area contributed by atoms with Gasteiger partial charge in [0.15, 0.2) is 9.84 Å². The molecule has 17 heavy (non-hydrogen) atoms. The van der Waals surface area contributed by atoms with Crippen LogP contribution in [0.3, 0.4) is 0 Å². The lowest BCUT2D eigenvalue weighted by atomic mass is 10.3. The smallest absolute Gasteiger partial charge is 0.354 e. The first-order valence-corrected chi connectivity index (χ1v) is 6.85. The van der Waals surface area contributed by atoms with E-state index in [2.05, 4.69) is 4.98 Å². The highest BCUT2D eigenvalue weighted by Gasteiger charge is 2.29. The van der Waals surface area contributed by atoms with E-state index < -0.39 is 15.8 Å². The minimum absolute atomic E-state index is 0.00762. The van der Waals surface area contributed by atoms with Crippen LogP contribution in [0.2, 0.25) is 0 Å². The van der Waals surface area contributed by atoms with Gasteiger partial charge in [0.25, 0.3) is 0 Å². The second-order valence-electron chi connectivity index (χ2n) is 3.83. The second-order valence-corrected chi connectivity index (χ2v) is 6.06. The van der Waals surface area contributed by atoms with Crippen LogP contribution in [0.4, 0.5) is 0 Å². The molecule has 0 radical (unpaired) electrons. The number of carboxylic acid groups (broad SMARTS) is 1. The second kappa shape index (κ2) is 4.33. The quantitative estimate of drug-likeness (QED) is 0.839. The van der Waals surface area contributed by atoms with E-state index in [9.17, 15) is 13.2 Å². The molecule has 6 nitrogen and oxygen atoms in total. The molecule has 1 aromatic rings. The van der Waals surface area contributed by atoms with Crippen LogP contribution in [-0.2, 0) is 9.84 Å². The van der Waals surface area contributed by atoms with Gasteiger partial charge in [-0.3, -0.25) is 0 Å². The molecule has 1 aromatic heterocycles. The Labute approximate surface area is 98.2 Å². The number of sulfone groups is 1. The summed E-state index contributed by atoms with van der Waals surface area (Å²) >= 11 is 0. The predicted octanol–water partition coefficient (Wildman–Crippen LogP) is 0.346. The lowest BCUT2D eigenvalue weighted by Crippen LogP contribution is -2.17. The van der Waals surface area contributed by atoms with Gasteiger partial charge < -0.3 is 9.84 Å². The average molecular weight is 257 g/mol. The largest absolute Gasteiger partial charge is 0.488 e. The van der Waals surface area contributed by atoms with Crippen molar-refractivity contribution in [2.24, 2.45) is 0 Å². The van der Waals surface area contributed by atoms with Gasteiger partial charge in [0.05, 0.1) is 17.7 Å². The van der Waals surface area contributed by atoms with Crippen molar-refractivity contribution in [3.05, 3.63) is 24.0 Å². The fourth-order valence-corrected chi connectivity index (χ4v) is 3.21. The molecule has 1 atom stereocenters. The van der Waals surface area contributed by atoms with E-state index in [1.807, 2.05) is 0 Å². The SMILES string of the molecule is O=C(O)c1ccc(OC2CCS(=O)(=O)C2)cn1. The zero-order valence-corrected chi connectivity index (χ0v) is 9.68. The minimum atomic E-state index is -2.98. The van der Waals surface area contributed by atoms with Crippen molar-refractivity contribution in [3.63, 3.8) is 0 Å². The third-order valence-electron chi connectivity index (χ3n) is 2.45. The maximum Gasteiger partial charge on any atom is 0.354 e. The Kier molecular flexibility index (Phi) is 3.01. The number of aromatic carboxylic acids is 1. The molecule has 7 heteroatoms. The van der Waals surface area contributed by atoms with E-state index in [0.29, 0.717) is 12.2 Å². The molecule has 92 valence electrons. The molecule has 0 spiro atoms. The maximum atomic E-state index is 11.2. The van der Waals surface area contributed by atoms with E-state index >= 15 is 0 Å². The molecule has 2 heterocycles. The van der Waals surface area contributed by atoms with Gasteiger partial charge in [-0.05, 0) is 18.6 Å². The van der Waals surface area contributed by atoms with Crippen molar-refractivity contribution in [2.75, 3.05) is 11.5 Å². The van der Waals surface area contributed by atoms with Crippen LogP contribution < -0.4 is 4.74 Å². The molecule has 2 rings (SSSR count). The maximum absolute atomic E-state index is 11.2. The van der Waals surface area contributed by atoms with Crippen molar-refractivity contribution in [2.45, 2.75) is 12.5 Å². The number of nitrogens with zero attached hydrogens (tertiary/aromatic N) is 1. The fourth-order valence-electron chi connectivity index (χ4n) is 1.62. The van der Waals surface area contributed by atoms with Gasteiger partial charge in [0, 0.05) is 0 Å². The number of pyridine rings is 1. The summed E-state index contributed by atoms with van der Waals surface area (Å²) in [6.07, 6.45) is 1.38. The Bertz CT molecular complexity index is 522. The Morgan fingerprint density at radius 3 is 2.71 bits per heavy atom. The van der Waals surface area contributed by atoms with Gasteiger partial charge in [-0.1, -0.05) is 0 Å². The Hall–Kier alpha value is -1.63. The molecule has 1 unspecified atom stereocenters.